The summed E-state index contributed by atoms with van der Waals surface area (Å²) in [5.41, 5.74) is 7.28. The topological polar surface area (TPSA) is 75.4 Å². The third kappa shape index (κ3) is 4.71. The summed E-state index contributed by atoms with van der Waals surface area (Å²) in [7, 11) is 0. The molecule has 122 valence electrons. The van der Waals surface area contributed by atoms with Crippen molar-refractivity contribution in [3.05, 3.63) is 29.8 Å². The molecule has 2 amide bonds. The molecular formula is C16H24ClN3O2. The zero-order valence-corrected chi connectivity index (χ0v) is 13.9. The average Bonchev–Trinajstić information content (AvgIpc) is 2.47. The summed E-state index contributed by atoms with van der Waals surface area (Å²) in [6, 6.07) is 7.21. The predicted octanol–water partition coefficient (Wildman–Crippen LogP) is 2.27. The lowest BCUT2D eigenvalue weighted by Crippen LogP contribution is -2.42. The minimum atomic E-state index is -0.118. The highest BCUT2D eigenvalue weighted by molar-refractivity contribution is 5.95. The Balaban J connectivity index is 0.00000242. The summed E-state index contributed by atoms with van der Waals surface area (Å²) >= 11 is 0. The van der Waals surface area contributed by atoms with Gasteiger partial charge in [0.25, 0.3) is 5.91 Å². The molecule has 2 rings (SSSR count). The van der Waals surface area contributed by atoms with Gasteiger partial charge in [-0.05, 0) is 49.9 Å². The van der Waals surface area contributed by atoms with Gasteiger partial charge in [-0.25, -0.2) is 0 Å². The number of halogens is 1. The molecule has 6 heteroatoms. The van der Waals surface area contributed by atoms with E-state index in [0.29, 0.717) is 17.2 Å². The Kier molecular flexibility index (Phi) is 6.84. The van der Waals surface area contributed by atoms with E-state index in [0.717, 1.165) is 25.9 Å². The third-order valence-electron chi connectivity index (χ3n) is 4.02. The van der Waals surface area contributed by atoms with Gasteiger partial charge in [0.15, 0.2) is 0 Å². The predicted molar refractivity (Wildman–Crippen MR) is 90.3 cm³/mol. The lowest BCUT2D eigenvalue weighted by Gasteiger charge is -2.33. The van der Waals surface area contributed by atoms with E-state index < -0.39 is 0 Å². The van der Waals surface area contributed by atoms with E-state index in [2.05, 4.69) is 5.32 Å². The molecule has 5 nitrogen and oxygen atoms in total. The highest BCUT2D eigenvalue weighted by Gasteiger charge is 2.25. The second-order valence-electron chi connectivity index (χ2n) is 5.75. The number of nitrogens with zero attached hydrogens (tertiary/aromatic N) is 1. The Hall–Kier alpha value is -1.59. The maximum atomic E-state index is 12.4. The fourth-order valence-electron chi connectivity index (χ4n) is 2.71. The number of carbonyl (C=O) groups excluding carboxylic acids is 2. The minimum Gasteiger partial charge on any atom is -0.339 e. The van der Waals surface area contributed by atoms with E-state index in [1.807, 2.05) is 11.8 Å². The highest BCUT2D eigenvalue weighted by atomic mass is 35.5. The van der Waals surface area contributed by atoms with Crippen LogP contribution in [-0.4, -0.2) is 35.8 Å². The fraction of sp³-hybridized carbons (Fsp3) is 0.500. The van der Waals surface area contributed by atoms with Gasteiger partial charge in [0.2, 0.25) is 5.91 Å². The van der Waals surface area contributed by atoms with E-state index in [-0.39, 0.29) is 30.3 Å². The van der Waals surface area contributed by atoms with E-state index in [9.17, 15) is 9.59 Å². The number of anilines is 1. The van der Waals surface area contributed by atoms with Crippen molar-refractivity contribution in [2.75, 3.05) is 18.4 Å². The molecule has 1 unspecified atom stereocenters. The molecule has 0 radical (unpaired) electrons. The molecule has 1 aliphatic heterocycles. The molecule has 22 heavy (non-hydrogen) atoms. The van der Waals surface area contributed by atoms with Crippen LogP contribution in [0.25, 0.3) is 0 Å². The summed E-state index contributed by atoms with van der Waals surface area (Å²) < 4.78 is 0. The Labute approximate surface area is 137 Å². The molecule has 1 aromatic rings. The summed E-state index contributed by atoms with van der Waals surface area (Å²) in [5.74, 6) is 0.441. The first-order valence-electron chi connectivity index (χ1n) is 7.40. The smallest absolute Gasteiger partial charge is 0.253 e. The quantitative estimate of drug-likeness (QED) is 0.895. The van der Waals surface area contributed by atoms with Crippen molar-refractivity contribution in [2.45, 2.75) is 32.7 Å². The van der Waals surface area contributed by atoms with E-state index in [4.69, 9.17) is 5.73 Å². The van der Waals surface area contributed by atoms with Crippen molar-refractivity contribution >= 4 is 29.9 Å². The Bertz CT molecular complexity index is 509. The molecule has 0 aliphatic carbocycles. The zero-order valence-electron chi connectivity index (χ0n) is 13.0. The third-order valence-corrected chi connectivity index (χ3v) is 4.02. The van der Waals surface area contributed by atoms with Crippen molar-refractivity contribution in [2.24, 2.45) is 11.7 Å². The van der Waals surface area contributed by atoms with Gasteiger partial charge in [0.05, 0.1) is 0 Å². The molecule has 1 fully saturated rings. The number of rotatable bonds is 3. The summed E-state index contributed by atoms with van der Waals surface area (Å²) in [5, 5.41) is 2.69. The number of carbonyl (C=O) groups is 2. The normalized spacial score (nSPS) is 16.6. The molecule has 1 saturated heterocycles. The first-order chi connectivity index (χ1) is 9.97. The van der Waals surface area contributed by atoms with Crippen LogP contribution in [0.4, 0.5) is 5.69 Å². The van der Waals surface area contributed by atoms with Crippen molar-refractivity contribution in [1.82, 2.24) is 4.90 Å². The Morgan fingerprint density at radius 3 is 2.23 bits per heavy atom. The number of hydrogen-bond acceptors (Lipinski definition) is 3. The number of benzene rings is 1. The molecule has 1 aromatic carbocycles. The molecule has 1 heterocycles. The van der Waals surface area contributed by atoms with Crippen LogP contribution in [0.3, 0.4) is 0 Å². The van der Waals surface area contributed by atoms with Crippen LogP contribution in [-0.2, 0) is 4.79 Å². The molecule has 3 N–H and O–H groups in total. The van der Waals surface area contributed by atoms with Gasteiger partial charge in [-0.3, -0.25) is 9.59 Å². The van der Waals surface area contributed by atoms with Crippen LogP contribution in [0.5, 0.6) is 0 Å². The van der Waals surface area contributed by atoms with Crippen LogP contribution in [0.1, 0.15) is 37.0 Å². The van der Waals surface area contributed by atoms with E-state index in [1.165, 1.54) is 6.92 Å². The Morgan fingerprint density at radius 1 is 1.23 bits per heavy atom. The molecule has 1 aliphatic rings. The minimum absolute atomic E-state index is 0. The van der Waals surface area contributed by atoms with Crippen LogP contribution >= 0.6 is 12.4 Å². The van der Waals surface area contributed by atoms with Crippen molar-refractivity contribution in [3.8, 4) is 0 Å². The standard InChI is InChI=1S/C16H23N3O2.ClH/c1-11(17)13-7-9-19(10-8-13)16(21)14-3-5-15(6-4-14)18-12(2)20;/h3-6,11,13H,7-10,17H2,1-2H3,(H,18,20);1H. The highest BCUT2D eigenvalue weighted by Crippen LogP contribution is 2.21. The average molecular weight is 326 g/mol. The molecular weight excluding hydrogens is 302 g/mol. The molecule has 0 bridgehead atoms. The van der Waals surface area contributed by atoms with Crippen LogP contribution in [0.2, 0.25) is 0 Å². The molecule has 1 atom stereocenters. The summed E-state index contributed by atoms with van der Waals surface area (Å²) in [6.07, 6.45) is 1.93. The summed E-state index contributed by atoms with van der Waals surface area (Å²) in [6.45, 7) is 5.02. The molecule has 0 spiro atoms. The molecule has 0 saturated carbocycles. The van der Waals surface area contributed by atoms with Gasteiger partial charge < -0.3 is 16.0 Å². The molecule has 0 aromatic heterocycles. The van der Waals surface area contributed by atoms with Crippen LogP contribution < -0.4 is 11.1 Å². The number of nitrogens with two attached hydrogens (primary N) is 1. The largest absolute Gasteiger partial charge is 0.339 e. The van der Waals surface area contributed by atoms with E-state index >= 15 is 0 Å². The van der Waals surface area contributed by atoms with Gasteiger partial charge in [0.1, 0.15) is 0 Å². The van der Waals surface area contributed by atoms with Gasteiger partial charge in [0, 0.05) is 37.3 Å². The van der Waals surface area contributed by atoms with Crippen LogP contribution in [0.15, 0.2) is 24.3 Å². The van der Waals surface area contributed by atoms with Gasteiger partial charge in [-0.2, -0.15) is 0 Å². The second kappa shape index (κ2) is 8.15. The number of hydrogen-bond donors (Lipinski definition) is 2. The monoisotopic (exact) mass is 325 g/mol. The fourth-order valence-corrected chi connectivity index (χ4v) is 2.71. The van der Waals surface area contributed by atoms with Crippen molar-refractivity contribution in [3.63, 3.8) is 0 Å². The Morgan fingerprint density at radius 2 is 1.77 bits per heavy atom. The lowest BCUT2D eigenvalue weighted by atomic mass is 9.90. The summed E-state index contributed by atoms with van der Waals surface area (Å²) in [4.78, 5) is 25.3. The maximum Gasteiger partial charge on any atom is 0.253 e. The first-order valence-corrected chi connectivity index (χ1v) is 7.40. The second-order valence-corrected chi connectivity index (χ2v) is 5.75. The van der Waals surface area contributed by atoms with E-state index in [1.54, 1.807) is 24.3 Å². The maximum absolute atomic E-state index is 12.4. The number of likely N-dealkylation sites (tertiary alicyclic amines) is 1. The SMILES string of the molecule is CC(=O)Nc1ccc(C(=O)N2CCC(C(C)N)CC2)cc1.Cl. The van der Waals surface area contributed by atoms with Gasteiger partial charge >= 0.3 is 0 Å². The lowest BCUT2D eigenvalue weighted by molar-refractivity contribution is -0.114. The van der Waals surface area contributed by atoms with Gasteiger partial charge in [-0.1, -0.05) is 0 Å². The van der Waals surface area contributed by atoms with Crippen LogP contribution in [0, 0.1) is 5.92 Å². The number of nitrogens with one attached hydrogen (secondary N) is 1. The van der Waals surface area contributed by atoms with Gasteiger partial charge in [-0.15, -0.1) is 12.4 Å². The first kappa shape index (κ1) is 18.5. The van der Waals surface area contributed by atoms with Crippen molar-refractivity contribution < 1.29 is 9.59 Å². The van der Waals surface area contributed by atoms with Crippen molar-refractivity contribution in [1.29, 1.82) is 0 Å². The number of piperidine rings is 1. The zero-order chi connectivity index (χ0) is 15.4. The number of amides is 2.